The summed E-state index contributed by atoms with van der Waals surface area (Å²) in [6, 6.07) is 16.0. The lowest BCUT2D eigenvalue weighted by atomic mass is 10.1. The van der Waals surface area contributed by atoms with Gasteiger partial charge in [-0.3, -0.25) is 4.79 Å². The first-order valence-electron chi connectivity index (χ1n) is 7.28. The number of ether oxygens (including phenoxy) is 1. The SMILES string of the molecule is Cc1ccccc1CC(=O)NCC1Cc2ccccc2O1. The monoisotopic (exact) mass is 281 g/mol. The zero-order chi connectivity index (χ0) is 14.7. The Kier molecular flexibility index (Phi) is 3.91. The zero-order valence-corrected chi connectivity index (χ0v) is 12.1. The molecule has 1 heterocycles. The van der Waals surface area contributed by atoms with Crippen molar-refractivity contribution < 1.29 is 9.53 Å². The average molecular weight is 281 g/mol. The molecule has 0 fully saturated rings. The predicted molar refractivity (Wildman–Crippen MR) is 82.5 cm³/mol. The third-order valence-corrected chi connectivity index (χ3v) is 3.85. The molecule has 0 bridgehead atoms. The number of carbonyl (C=O) groups is 1. The summed E-state index contributed by atoms with van der Waals surface area (Å²) in [6.07, 6.45) is 1.33. The predicted octanol–water partition coefficient (Wildman–Crippen LogP) is 2.66. The maximum absolute atomic E-state index is 12.0. The summed E-state index contributed by atoms with van der Waals surface area (Å²) in [6.45, 7) is 2.58. The number of aryl methyl sites for hydroxylation is 1. The van der Waals surface area contributed by atoms with Crippen molar-refractivity contribution in [3.8, 4) is 5.75 Å². The molecule has 21 heavy (non-hydrogen) atoms. The van der Waals surface area contributed by atoms with Gasteiger partial charge in [0.15, 0.2) is 0 Å². The van der Waals surface area contributed by atoms with Gasteiger partial charge in [0.25, 0.3) is 0 Å². The normalized spacial score (nSPS) is 16.1. The van der Waals surface area contributed by atoms with Crippen LogP contribution in [0, 0.1) is 6.92 Å². The molecule has 0 aliphatic carbocycles. The standard InChI is InChI=1S/C18H19NO2/c1-13-6-2-3-7-14(13)11-18(20)19-12-16-10-15-8-4-5-9-17(15)21-16/h2-9,16H,10-12H2,1H3,(H,19,20). The van der Waals surface area contributed by atoms with Crippen LogP contribution in [0.15, 0.2) is 48.5 Å². The van der Waals surface area contributed by atoms with Crippen molar-refractivity contribution in [2.24, 2.45) is 0 Å². The quantitative estimate of drug-likeness (QED) is 0.935. The summed E-state index contributed by atoms with van der Waals surface area (Å²) < 4.78 is 5.82. The lowest BCUT2D eigenvalue weighted by Gasteiger charge is -2.12. The average Bonchev–Trinajstić information content (AvgIpc) is 2.90. The maximum Gasteiger partial charge on any atom is 0.224 e. The Hall–Kier alpha value is -2.29. The number of fused-ring (bicyclic) bond motifs is 1. The molecule has 0 saturated heterocycles. The van der Waals surface area contributed by atoms with Crippen LogP contribution in [-0.2, 0) is 17.6 Å². The number of hydrogen-bond donors (Lipinski definition) is 1. The molecule has 1 aliphatic heterocycles. The van der Waals surface area contributed by atoms with Crippen LogP contribution in [0.3, 0.4) is 0 Å². The fraction of sp³-hybridized carbons (Fsp3) is 0.278. The van der Waals surface area contributed by atoms with E-state index in [1.165, 1.54) is 5.56 Å². The van der Waals surface area contributed by atoms with E-state index in [4.69, 9.17) is 4.74 Å². The number of hydrogen-bond acceptors (Lipinski definition) is 2. The van der Waals surface area contributed by atoms with Crippen molar-refractivity contribution in [2.75, 3.05) is 6.54 Å². The van der Waals surface area contributed by atoms with Crippen molar-refractivity contribution >= 4 is 5.91 Å². The van der Waals surface area contributed by atoms with Crippen molar-refractivity contribution in [1.29, 1.82) is 0 Å². The van der Waals surface area contributed by atoms with Crippen molar-refractivity contribution in [3.63, 3.8) is 0 Å². The number of benzene rings is 2. The molecule has 1 unspecified atom stereocenters. The first kappa shape index (κ1) is 13.7. The molecule has 0 saturated carbocycles. The second-order valence-electron chi connectivity index (χ2n) is 5.46. The summed E-state index contributed by atoms with van der Waals surface area (Å²) >= 11 is 0. The molecule has 1 N–H and O–H groups in total. The molecule has 0 spiro atoms. The third kappa shape index (κ3) is 3.24. The molecule has 3 heteroatoms. The van der Waals surface area contributed by atoms with Crippen LogP contribution < -0.4 is 10.1 Å². The van der Waals surface area contributed by atoms with Gasteiger partial charge in [-0.15, -0.1) is 0 Å². The number of carbonyl (C=O) groups excluding carboxylic acids is 1. The van der Waals surface area contributed by atoms with Gasteiger partial charge in [-0.1, -0.05) is 42.5 Å². The van der Waals surface area contributed by atoms with E-state index in [0.717, 1.165) is 23.3 Å². The van der Waals surface area contributed by atoms with Crippen molar-refractivity contribution in [3.05, 3.63) is 65.2 Å². The van der Waals surface area contributed by atoms with Crippen LogP contribution in [0.25, 0.3) is 0 Å². The molecule has 2 aromatic rings. The van der Waals surface area contributed by atoms with Crippen LogP contribution in [0.5, 0.6) is 5.75 Å². The van der Waals surface area contributed by atoms with Crippen LogP contribution in [0.1, 0.15) is 16.7 Å². The van der Waals surface area contributed by atoms with Gasteiger partial charge in [0.2, 0.25) is 5.91 Å². The van der Waals surface area contributed by atoms with Crippen molar-refractivity contribution in [2.45, 2.75) is 25.9 Å². The minimum Gasteiger partial charge on any atom is -0.488 e. The van der Waals surface area contributed by atoms with E-state index < -0.39 is 0 Å². The van der Waals surface area contributed by atoms with Gasteiger partial charge in [0, 0.05) is 6.42 Å². The first-order chi connectivity index (χ1) is 10.2. The molecular formula is C18H19NO2. The van der Waals surface area contributed by atoms with E-state index in [-0.39, 0.29) is 12.0 Å². The van der Waals surface area contributed by atoms with E-state index >= 15 is 0 Å². The van der Waals surface area contributed by atoms with E-state index in [1.54, 1.807) is 0 Å². The smallest absolute Gasteiger partial charge is 0.224 e. The van der Waals surface area contributed by atoms with E-state index in [9.17, 15) is 4.79 Å². The summed E-state index contributed by atoms with van der Waals surface area (Å²) in [4.78, 5) is 12.0. The van der Waals surface area contributed by atoms with Gasteiger partial charge < -0.3 is 10.1 Å². The highest BCUT2D eigenvalue weighted by atomic mass is 16.5. The Morgan fingerprint density at radius 3 is 2.76 bits per heavy atom. The van der Waals surface area contributed by atoms with Gasteiger partial charge in [0.1, 0.15) is 11.9 Å². The Morgan fingerprint density at radius 1 is 1.19 bits per heavy atom. The molecule has 1 atom stereocenters. The van der Waals surface area contributed by atoms with E-state index in [2.05, 4.69) is 11.4 Å². The Labute approximate surface area is 124 Å². The molecule has 1 aliphatic rings. The fourth-order valence-corrected chi connectivity index (χ4v) is 2.64. The van der Waals surface area contributed by atoms with Gasteiger partial charge in [-0.2, -0.15) is 0 Å². The minimum atomic E-state index is 0.0446. The Balaban J connectivity index is 1.50. The largest absolute Gasteiger partial charge is 0.488 e. The third-order valence-electron chi connectivity index (χ3n) is 3.85. The maximum atomic E-state index is 12.0. The van der Waals surface area contributed by atoms with Crippen LogP contribution in [-0.4, -0.2) is 18.6 Å². The van der Waals surface area contributed by atoms with Crippen molar-refractivity contribution in [1.82, 2.24) is 5.32 Å². The summed E-state index contributed by atoms with van der Waals surface area (Å²) in [5.41, 5.74) is 3.44. The molecule has 3 nitrogen and oxygen atoms in total. The number of rotatable bonds is 4. The van der Waals surface area contributed by atoms with Crippen LogP contribution >= 0.6 is 0 Å². The molecule has 3 rings (SSSR count). The molecule has 108 valence electrons. The second-order valence-corrected chi connectivity index (χ2v) is 5.46. The van der Waals surface area contributed by atoms with Gasteiger partial charge >= 0.3 is 0 Å². The number of para-hydroxylation sites is 1. The van der Waals surface area contributed by atoms with Gasteiger partial charge in [0.05, 0.1) is 13.0 Å². The molecular weight excluding hydrogens is 262 g/mol. The van der Waals surface area contributed by atoms with Gasteiger partial charge in [-0.05, 0) is 29.7 Å². The fourth-order valence-electron chi connectivity index (χ4n) is 2.64. The molecule has 0 radical (unpaired) electrons. The summed E-state index contributed by atoms with van der Waals surface area (Å²) in [5, 5.41) is 2.97. The Morgan fingerprint density at radius 2 is 1.95 bits per heavy atom. The van der Waals surface area contributed by atoms with Crippen LogP contribution in [0.4, 0.5) is 0 Å². The topological polar surface area (TPSA) is 38.3 Å². The molecule has 2 aromatic carbocycles. The lowest BCUT2D eigenvalue weighted by Crippen LogP contribution is -2.35. The number of nitrogens with one attached hydrogen (secondary N) is 1. The summed E-state index contributed by atoms with van der Waals surface area (Å²) in [5.74, 6) is 0.986. The molecule has 1 amide bonds. The second kappa shape index (κ2) is 6.00. The van der Waals surface area contributed by atoms with E-state index in [0.29, 0.717) is 13.0 Å². The number of amides is 1. The highest BCUT2D eigenvalue weighted by molar-refractivity contribution is 5.78. The lowest BCUT2D eigenvalue weighted by molar-refractivity contribution is -0.120. The Bertz CT molecular complexity index is 626. The first-order valence-corrected chi connectivity index (χ1v) is 7.28. The highest BCUT2D eigenvalue weighted by Gasteiger charge is 2.22. The van der Waals surface area contributed by atoms with E-state index in [1.807, 2.05) is 49.4 Å². The zero-order valence-electron chi connectivity index (χ0n) is 12.1. The van der Waals surface area contributed by atoms with Gasteiger partial charge in [-0.25, -0.2) is 0 Å². The minimum absolute atomic E-state index is 0.0446. The highest BCUT2D eigenvalue weighted by Crippen LogP contribution is 2.27. The van der Waals surface area contributed by atoms with Crippen LogP contribution in [0.2, 0.25) is 0 Å². The summed E-state index contributed by atoms with van der Waals surface area (Å²) in [7, 11) is 0. The molecule has 0 aromatic heterocycles.